The minimum absolute atomic E-state index is 0.0684. The van der Waals surface area contributed by atoms with Gasteiger partial charge in [-0.3, -0.25) is 4.98 Å². The summed E-state index contributed by atoms with van der Waals surface area (Å²) in [4.78, 5) is 23.8. The highest BCUT2D eigenvalue weighted by Gasteiger charge is 2.20. The predicted molar refractivity (Wildman–Crippen MR) is 107 cm³/mol. The van der Waals surface area contributed by atoms with E-state index < -0.39 is 5.97 Å². The summed E-state index contributed by atoms with van der Waals surface area (Å²) in [6.45, 7) is 0. The van der Waals surface area contributed by atoms with E-state index in [0.29, 0.717) is 5.52 Å². The molecule has 4 aromatic rings. The molecular formula is C21H16BrN3O2. The summed E-state index contributed by atoms with van der Waals surface area (Å²) < 4.78 is 0.917. The average Bonchev–Trinajstić information content (AvgIpc) is 3.10. The van der Waals surface area contributed by atoms with Gasteiger partial charge in [0.2, 0.25) is 0 Å². The van der Waals surface area contributed by atoms with Crippen LogP contribution in [0, 0.1) is 0 Å². The van der Waals surface area contributed by atoms with Crippen LogP contribution < -0.4 is 0 Å². The number of carboxylic acids is 1. The summed E-state index contributed by atoms with van der Waals surface area (Å²) in [6.07, 6.45) is 2.51. The molecule has 0 aliphatic carbocycles. The van der Waals surface area contributed by atoms with Crippen molar-refractivity contribution in [1.82, 2.24) is 15.0 Å². The molecule has 2 aromatic carbocycles. The third kappa shape index (κ3) is 3.75. The number of benzene rings is 2. The van der Waals surface area contributed by atoms with Crippen LogP contribution in [0.5, 0.6) is 0 Å². The summed E-state index contributed by atoms with van der Waals surface area (Å²) in [5.41, 5.74) is 3.77. The molecule has 2 N–H and O–H groups in total. The Morgan fingerprint density at radius 1 is 1.11 bits per heavy atom. The Labute approximate surface area is 164 Å². The van der Waals surface area contributed by atoms with E-state index in [4.69, 9.17) is 4.98 Å². The lowest BCUT2D eigenvalue weighted by Crippen LogP contribution is -2.09. The minimum Gasteiger partial charge on any atom is -0.478 e. The van der Waals surface area contributed by atoms with Gasteiger partial charge in [-0.05, 0) is 58.2 Å². The number of pyridine rings is 1. The fraction of sp³-hybridized carbons (Fsp3) is 0.0952. The quantitative estimate of drug-likeness (QED) is 0.485. The molecule has 4 rings (SSSR count). The van der Waals surface area contributed by atoms with Gasteiger partial charge >= 0.3 is 5.97 Å². The zero-order valence-corrected chi connectivity index (χ0v) is 15.8. The van der Waals surface area contributed by atoms with Gasteiger partial charge in [0.05, 0.1) is 28.2 Å². The number of hydrogen-bond donors (Lipinski definition) is 2. The van der Waals surface area contributed by atoms with Crippen molar-refractivity contribution in [3.8, 4) is 0 Å². The maximum Gasteiger partial charge on any atom is 0.335 e. The molecule has 1 unspecified atom stereocenters. The standard InChI is InChI=1S/C21H16BrN3O2/c22-15-7-9-17(23-12-15)16(10-13-4-2-1-3-5-13)20-24-18-8-6-14(21(26)27)11-19(18)25-20/h1-9,11-12,16H,10H2,(H,24,25)(H,26,27). The van der Waals surface area contributed by atoms with Gasteiger partial charge in [0, 0.05) is 10.7 Å². The van der Waals surface area contributed by atoms with Gasteiger partial charge in [-0.1, -0.05) is 30.3 Å². The van der Waals surface area contributed by atoms with Crippen molar-refractivity contribution in [2.75, 3.05) is 0 Å². The normalized spacial score (nSPS) is 12.2. The van der Waals surface area contributed by atoms with Gasteiger partial charge in [-0.15, -0.1) is 0 Å². The van der Waals surface area contributed by atoms with Crippen molar-refractivity contribution in [2.45, 2.75) is 12.3 Å². The second kappa shape index (κ2) is 7.32. The molecule has 2 aromatic heterocycles. The number of hydrogen-bond acceptors (Lipinski definition) is 3. The number of nitrogens with zero attached hydrogens (tertiary/aromatic N) is 2. The van der Waals surface area contributed by atoms with Crippen LogP contribution in [-0.4, -0.2) is 26.0 Å². The fourth-order valence-electron chi connectivity index (χ4n) is 3.11. The third-order valence-corrected chi connectivity index (χ3v) is 4.94. The molecule has 27 heavy (non-hydrogen) atoms. The molecule has 134 valence electrons. The van der Waals surface area contributed by atoms with Crippen LogP contribution in [-0.2, 0) is 6.42 Å². The van der Waals surface area contributed by atoms with Crippen molar-refractivity contribution in [1.29, 1.82) is 0 Å². The van der Waals surface area contributed by atoms with E-state index in [1.54, 1.807) is 24.4 Å². The number of aromatic amines is 1. The van der Waals surface area contributed by atoms with Gasteiger partial charge in [0.1, 0.15) is 5.82 Å². The lowest BCUT2D eigenvalue weighted by Gasteiger charge is -2.14. The second-order valence-electron chi connectivity index (χ2n) is 6.30. The van der Waals surface area contributed by atoms with Gasteiger partial charge in [0.15, 0.2) is 0 Å². The van der Waals surface area contributed by atoms with Crippen LogP contribution >= 0.6 is 15.9 Å². The molecule has 5 nitrogen and oxygen atoms in total. The van der Waals surface area contributed by atoms with Crippen LogP contribution in [0.1, 0.15) is 33.4 Å². The number of halogens is 1. The van der Waals surface area contributed by atoms with E-state index in [1.807, 2.05) is 30.3 Å². The van der Waals surface area contributed by atoms with E-state index in [2.05, 4.69) is 38.0 Å². The number of aromatic carboxylic acids is 1. The summed E-state index contributed by atoms with van der Waals surface area (Å²) in [6, 6.07) is 19.0. The molecule has 0 saturated carbocycles. The molecule has 0 amide bonds. The third-order valence-electron chi connectivity index (χ3n) is 4.47. The molecule has 0 radical (unpaired) electrons. The molecular weight excluding hydrogens is 406 g/mol. The lowest BCUT2D eigenvalue weighted by atomic mass is 9.95. The van der Waals surface area contributed by atoms with Crippen molar-refractivity contribution in [3.63, 3.8) is 0 Å². The summed E-state index contributed by atoms with van der Waals surface area (Å²) in [5.74, 6) is -0.254. The number of fused-ring (bicyclic) bond motifs is 1. The fourth-order valence-corrected chi connectivity index (χ4v) is 3.35. The Morgan fingerprint density at radius 3 is 2.63 bits per heavy atom. The first-order chi connectivity index (χ1) is 13.1. The van der Waals surface area contributed by atoms with Crippen LogP contribution in [0.3, 0.4) is 0 Å². The number of H-pyrrole nitrogens is 1. The van der Waals surface area contributed by atoms with Crippen LogP contribution in [0.2, 0.25) is 0 Å². The predicted octanol–water partition coefficient (Wildman–Crippen LogP) is 4.79. The molecule has 0 spiro atoms. The first-order valence-corrected chi connectivity index (χ1v) is 9.28. The largest absolute Gasteiger partial charge is 0.478 e. The Bertz CT molecular complexity index is 1090. The number of nitrogens with one attached hydrogen (secondary N) is 1. The van der Waals surface area contributed by atoms with Crippen LogP contribution in [0.4, 0.5) is 0 Å². The van der Waals surface area contributed by atoms with E-state index in [9.17, 15) is 9.90 Å². The number of rotatable bonds is 5. The maximum absolute atomic E-state index is 11.2. The van der Waals surface area contributed by atoms with Crippen molar-refractivity contribution in [3.05, 3.63) is 94.0 Å². The van der Waals surface area contributed by atoms with E-state index in [1.165, 1.54) is 5.56 Å². The zero-order valence-electron chi connectivity index (χ0n) is 14.3. The molecule has 0 bridgehead atoms. The highest BCUT2D eigenvalue weighted by molar-refractivity contribution is 9.10. The van der Waals surface area contributed by atoms with Crippen molar-refractivity contribution in [2.24, 2.45) is 0 Å². The Morgan fingerprint density at radius 2 is 1.93 bits per heavy atom. The minimum atomic E-state index is -0.955. The monoisotopic (exact) mass is 421 g/mol. The van der Waals surface area contributed by atoms with Gasteiger partial charge in [-0.25, -0.2) is 9.78 Å². The average molecular weight is 422 g/mol. The summed E-state index contributed by atoms with van der Waals surface area (Å²) in [5, 5.41) is 9.21. The SMILES string of the molecule is O=C(O)c1ccc2nc(C(Cc3ccccc3)c3ccc(Br)cn3)[nH]c2c1. The second-order valence-corrected chi connectivity index (χ2v) is 7.22. The lowest BCUT2D eigenvalue weighted by molar-refractivity contribution is 0.0697. The molecule has 6 heteroatoms. The highest BCUT2D eigenvalue weighted by Crippen LogP contribution is 2.28. The number of imidazole rings is 1. The van der Waals surface area contributed by atoms with Gasteiger partial charge in [0.25, 0.3) is 0 Å². The van der Waals surface area contributed by atoms with Gasteiger partial charge in [-0.2, -0.15) is 0 Å². The topological polar surface area (TPSA) is 78.9 Å². The summed E-state index contributed by atoms with van der Waals surface area (Å²) >= 11 is 3.43. The Kier molecular flexibility index (Phi) is 4.73. The first kappa shape index (κ1) is 17.4. The first-order valence-electron chi connectivity index (χ1n) is 8.48. The van der Waals surface area contributed by atoms with E-state index in [-0.39, 0.29) is 11.5 Å². The molecule has 2 heterocycles. The maximum atomic E-state index is 11.2. The molecule has 1 atom stereocenters. The molecule has 0 aliphatic heterocycles. The van der Waals surface area contributed by atoms with Gasteiger partial charge < -0.3 is 10.1 Å². The number of carboxylic acid groups (broad SMARTS) is 1. The molecule has 0 aliphatic rings. The van der Waals surface area contributed by atoms with Crippen LogP contribution in [0.25, 0.3) is 11.0 Å². The van der Waals surface area contributed by atoms with E-state index in [0.717, 1.165) is 27.9 Å². The van der Waals surface area contributed by atoms with E-state index >= 15 is 0 Å². The molecule has 0 fully saturated rings. The highest BCUT2D eigenvalue weighted by atomic mass is 79.9. The Balaban J connectivity index is 1.78. The zero-order chi connectivity index (χ0) is 18.8. The van der Waals surface area contributed by atoms with Crippen molar-refractivity contribution < 1.29 is 9.90 Å². The Hall–Kier alpha value is -2.99. The number of carbonyl (C=O) groups is 1. The number of aromatic nitrogens is 3. The van der Waals surface area contributed by atoms with Crippen molar-refractivity contribution >= 4 is 32.9 Å². The molecule has 0 saturated heterocycles. The van der Waals surface area contributed by atoms with Crippen LogP contribution in [0.15, 0.2) is 71.3 Å². The summed E-state index contributed by atoms with van der Waals surface area (Å²) in [7, 11) is 0. The smallest absolute Gasteiger partial charge is 0.335 e.